The molecule has 3 rings (SSSR count). The lowest BCUT2D eigenvalue weighted by Gasteiger charge is -2.13. The van der Waals surface area contributed by atoms with Crippen LogP contribution in [0.25, 0.3) is 0 Å². The topological polar surface area (TPSA) is 104 Å². The van der Waals surface area contributed by atoms with E-state index in [1.54, 1.807) is 35.1 Å². The second-order valence-electron chi connectivity index (χ2n) is 6.23. The van der Waals surface area contributed by atoms with E-state index in [4.69, 9.17) is 5.26 Å². The molecule has 0 saturated carbocycles. The minimum Gasteiger partial charge on any atom is -0.325 e. The number of urea groups is 1. The van der Waals surface area contributed by atoms with Gasteiger partial charge in [0.25, 0.3) is 5.91 Å². The summed E-state index contributed by atoms with van der Waals surface area (Å²) >= 11 is 0. The van der Waals surface area contributed by atoms with Crippen molar-refractivity contribution in [3.8, 4) is 6.07 Å². The van der Waals surface area contributed by atoms with Crippen LogP contribution in [0.2, 0.25) is 0 Å². The van der Waals surface area contributed by atoms with Crippen molar-refractivity contribution in [3.05, 3.63) is 47.3 Å². The second-order valence-corrected chi connectivity index (χ2v) is 6.23. The molecule has 1 unspecified atom stereocenters. The molecule has 1 N–H and O–H groups in total. The molecular weight excluding hydrogens is 320 g/mol. The highest BCUT2D eigenvalue weighted by atomic mass is 16.2. The lowest BCUT2D eigenvalue weighted by molar-refractivity contribution is -0.127. The zero-order valence-electron chi connectivity index (χ0n) is 14.0. The van der Waals surface area contributed by atoms with Gasteiger partial charge in [-0.25, -0.2) is 9.48 Å². The molecule has 1 saturated heterocycles. The van der Waals surface area contributed by atoms with E-state index in [1.165, 1.54) is 0 Å². The monoisotopic (exact) mass is 338 g/mol. The molecule has 128 valence electrons. The van der Waals surface area contributed by atoms with Crippen LogP contribution >= 0.6 is 0 Å². The van der Waals surface area contributed by atoms with Gasteiger partial charge in [0.2, 0.25) is 0 Å². The molecule has 1 aliphatic heterocycles. The molecule has 1 aliphatic rings. The standard InChI is InChI=1S/C17H18N6O2/c1-11(2)23-10-14(20-21-23)7-15-16(24)22(17(25)19-15)9-13-5-3-4-12(6-13)8-18/h3-6,10-11,15H,7,9H2,1-2H3,(H,19,25). The highest BCUT2D eigenvalue weighted by Gasteiger charge is 2.38. The number of nitrogens with one attached hydrogen (secondary N) is 1. The summed E-state index contributed by atoms with van der Waals surface area (Å²) in [5, 5.41) is 19.7. The molecule has 2 aromatic rings. The van der Waals surface area contributed by atoms with Crippen molar-refractivity contribution in [2.45, 2.75) is 38.9 Å². The number of hydrogen-bond donors (Lipinski definition) is 1. The van der Waals surface area contributed by atoms with Crippen molar-refractivity contribution >= 4 is 11.9 Å². The maximum absolute atomic E-state index is 12.5. The number of carbonyl (C=O) groups excluding carboxylic acids is 2. The molecule has 3 amide bonds. The summed E-state index contributed by atoms with van der Waals surface area (Å²) in [6.07, 6.45) is 2.08. The van der Waals surface area contributed by atoms with Crippen molar-refractivity contribution in [2.75, 3.05) is 0 Å². The zero-order chi connectivity index (χ0) is 18.0. The summed E-state index contributed by atoms with van der Waals surface area (Å²) in [5.41, 5.74) is 1.88. The minimum atomic E-state index is -0.649. The summed E-state index contributed by atoms with van der Waals surface area (Å²) in [4.78, 5) is 25.8. The van der Waals surface area contributed by atoms with Crippen LogP contribution in [0.4, 0.5) is 4.79 Å². The van der Waals surface area contributed by atoms with Crippen molar-refractivity contribution in [1.29, 1.82) is 5.26 Å². The van der Waals surface area contributed by atoms with Gasteiger partial charge in [0.15, 0.2) is 0 Å². The Morgan fingerprint density at radius 3 is 2.84 bits per heavy atom. The van der Waals surface area contributed by atoms with E-state index >= 15 is 0 Å². The molecule has 0 aliphatic carbocycles. The predicted molar refractivity (Wildman–Crippen MR) is 88.1 cm³/mol. The summed E-state index contributed by atoms with van der Waals surface area (Å²) in [6.45, 7) is 4.10. The molecule has 0 bridgehead atoms. The highest BCUT2D eigenvalue weighted by Crippen LogP contribution is 2.16. The Morgan fingerprint density at radius 2 is 2.16 bits per heavy atom. The van der Waals surface area contributed by atoms with Crippen LogP contribution in [-0.4, -0.2) is 37.9 Å². The van der Waals surface area contributed by atoms with Crippen LogP contribution in [0.3, 0.4) is 0 Å². The number of aromatic nitrogens is 3. The zero-order valence-corrected chi connectivity index (χ0v) is 14.0. The Morgan fingerprint density at radius 1 is 1.36 bits per heavy atom. The van der Waals surface area contributed by atoms with Gasteiger partial charge in [0.1, 0.15) is 6.04 Å². The first kappa shape index (κ1) is 16.6. The van der Waals surface area contributed by atoms with Crippen LogP contribution in [0.5, 0.6) is 0 Å². The van der Waals surface area contributed by atoms with Crippen molar-refractivity contribution in [3.63, 3.8) is 0 Å². The van der Waals surface area contributed by atoms with Gasteiger partial charge in [-0.3, -0.25) is 9.69 Å². The summed E-state index contributed by atoms with van der Waals surface area (Å²) < 4.78 is 1.71. The minimum absolute atomic E-state index is 0.134. The number of benzene rings is 1. The fraction of sp³-hybridized carbons (Fsp3) is 0.353. The van der Waals surface area contributed by atoms with E-state index in [0.29, 0.717) is 17.7 Å². The van der Waals surface area contributed by atoms with Crippen molar-refractivity contribution < 1.29 is 9.59 Å². The lowest BCUT2D eigenvalue weighted by atomic mass is 10.1. The van der Waals surface area contributed by atoms with Crippen LogP contribution in [0.15, 0.2) is 30.5 Å². The van der Waals surface area contributed by atoms with Gasteiger partial charge in [-0.05, 0) is 31.5 Å². The van der Waals surface area contributed by atoms with Crippen molar-refractivity contribution in [1.82, 2.24) is 25.2 Å². The number of carbonyl (C=O) groups is 2. The number of hydrogen-bond acceptors (Lipinski definition) is 5. The van der Waals surface area contributed by atoms with Crippen LogP contribution in [-0.2, 0) is 17.8 Å². The van der Waals surface area contributed by atoms with E-state index in [2.05, 4.69) is 15.6 Å². The normalized spacial score (nSPS) is 17.0. The van der Waals surface area contributed by atoms with E-state index in [1.807, 2.05) is 19.9 Å². The van der Waals surface area contributed by atoms with Gasteiger partial charge < -0.3 is 5.32 Å². The Labute approximate surface area is 145 Å². The fourth-order valence-electron chi connectivity index (χ4n) is 2.66. The number of nitriles is 1. The molecule has 1 fully saturated rings. The van der Waals surface area contributed by atoms with Crippen molar-refractivity contribution in [2.24, 2.45) is 0 Å². The molecule has 1 atom stereocenters. The van der Waals surface area contributed by atoms with Gasteiger partial charge in [-0.1, -0.05) is 17.3 Å². The third kappa shape index (κ3) is 3.50. The first-order chi connectivity index (χ1) is 12.0. The van der Waals surface area contributed by atoms with Gasteiger partial charge in [-0.2, -0.15) is 5.26 Å². The molecule has 1 aromatic carbocycles. The number of imide groups is 1. The average Bonchev–Trinajstić information content (AvgIpc) is 3.16. The smallest absolute Gasteiger partial charge is 0.325 e. The Bertz CT molecular complexity index is 851. The Kier molecular flexibility index (Phi) is 4.48. The van der Waals surface area contributed by atoms with E-state index in [9.17, 15) is 9.59 Å². The molecule has 8 heteroatoms. The second kappa shape index (κ2) is 6.73. The maximum atomic E-state index is 12.5. The quantitative estimate of drug-likeness (QED) is 0.830. The Balaban J connectivity index is 1.70. The third-order valence-electron chi connectivity index (χ3n) is 4.00. The predicted octanol–water partition coefficient (Wildman–Crippen LogP) is 1.39. The van der Waals surface area contributed by atoms with E-state index in [-0.39, 0.29) is 18.5 Å². The van der Waals surface area contributed by atoms with Crippen LogP contribution in [0, 0.1) is 11.3 Å². The van der Waals surface area contributed by atoms with Gasteiger partial charge in [0, 0.05) is 18.7 Å². The largest absolute Gasteiger partial charge is 0.325 e. The summed E-state index contributed by atoms with van der Waals surface area (Å²) in [7, 11) is 0. The molecule has 0 spiro atoms. The van der Waals surface area contributed by atoms with Gasteiger partial charge in [-0.15, -0.1) is 5.10 Å². The van der Waals surface area contributed by atoms with Gasteiger partial charge >= 0.3 is 6.03 Å². The molecule has 25 heavy (non-hydrogen) atoms. The summed E-state index contributed by atoms with van der Waals surface area (Å²) in [5.74, 6) is -0.300. The third-order valence-corrected chi connectivity index (χ3v) is 4.00. The lowest BCUT2D eigenvalue weighted by Crippen LogP contribution is -2.32. The first-order valence-corrected chi connectivity index (χ1v) is 7.99. The van der Waals surface area contributed by atoms with Crippen LogP contribution < -0.4 is 5.32 Å². The molecule has 2 heterocycles. The van der Waals surface area contributed by atoms with E-state index < -0.39 is 12.1 Å². The summed E-state index contributed by atoms with van der Waals surface area (Å²) in [6, 6.07) is 8.00. The molecule has 0 radical (unpaired) electrons. The molecule has 8 nitrogen and oxygen atoms in total. The number of nitrogens with zero attached hydrogens (tertiary/aromatic N) is 5. The first-order valence-electron chi connectivity index (χ1n) is 7.99. The number of rotatable bonds is 5. The van der Waals surface area contributed by atoms with E-state index in [0.717, 1.165) is 10.5 Å². The molecular formula is C17H18N6O2. The van der Waals surface area contributed by atoms with Crippen LogP contribution in [0.1, 0.15) is 36.7 Å². The maximum Gasteiger partial charge on any atom is 0.325 e. The Hall–Kier alpha value is -3.21. The highest BCUT2D eigenvalue weighted by molar-refractivity contribution is 6.04. The fourth-order valence-corrected chi connectivity index (χ4v) is 2.66. The SMILES string of the molecule is CC(C)n1cc(CC2NC(=O)N(Cc3cccc(C#N)c3)C2=O)nn1. The van der Waals surface area contributed by atoms with Gasteiger partial charge in [0.05, 0.1) is 23.9 Å². The molecule has 1 aromatic heterocycles. The average molecular weight is 338 g/mol. The number of amides is 3.